The van der Waals surface area contributed by atoms with Crippen LogP contribution < -0.4 is 5.32 Å². The molecule has 1 heterocycles. The monoisotopic (exact) mass is 245 g/mol. The van der Waals surface area contributed by atoms with E-state index in [1.807, 2.05) is 6.92 Å². The van der Waals surface area contributed by atoms with Crippen molar-refractivity contribution in [3.8, 4) is 0 Å². The second kappa shape index (κ2) is 5.35. The van der Waals surface area contributed by atoms with Gasteiger partial charge < -0.3 is 5.32 Å². The van der Waals surface area contributed by atoms with Crippen LogP contribution in [0.5, 0.6) is 0 Å². The molecule has 4 nitrogen and oxygen atoms in total. The average molecular weight is 245 g/mol. The summed E-state index contributed by atoms with van der Waals surface area (Å²) in [6, 6.07) is 5.84. The molecule has 1 aromatic heterocycles. The number of hydrogen-bond donors (Lipinski definition) is 1. The van der Waals surface area contributed by atoms with Gasteiger partial charge in [0.05, 0.1) is 29.7 Å². The summed E-state index contributed by atoms with van der Waals surface area (Å²) < 4.78 is 13.3. The van der Waals surface area contributed by atoms with Crippen molar-refractivity contribution < 1.29 is 9.18 Å². The van der Waals surface area contributed by atoms with Gasteiger partial charge in [-0.25, -0.2) is 4.39 Å². The molecule has 0 aliphatic carbocycles. The van der Waals surface area contributed by atoms with Crippen LogP contribution in [0.25, 0.3) is 0 Å². The van der Waals surface area contributed by atoms with Crippen LogP contribution in [0, 0.1) is 12.7 Å². The van der Waals surface area contributed by atoms with E-state index in [0.29, 0.717) is 5.69 Å². The largest absolute Gasteiger partial charge is 0.346 e. The molecular weight excluding hydrogens is 233 g/mol. The number of benzene rings is 1. The summed E-state index contributed by atoms with van der Waals surface area (Å²) in [5, 5.41) is 2.59. The first-order valence-corrected chi connectivity index (χ1v) is 5.47. The number of nitrogens with zero attached hydrogens (tertiary/aromatic N) is 2. The molecular formula is C13H12FN3O. The summed E-state index contributed by atoms with van der Waals surface area (Å²) in [5.41, 5.74) is 1.46. The molecule has 2 aromatic rings. The molecule has 1 aromatic carbocycles. The van der Waals surface area contributed by atoms with Gasteiger partial charge in [0.1, 0.15) is 5.82 Å². The first kappa shape index (κ1) is 12.2. The number of nitrogens with one attached hydrogen (secondary N) is 1. The van der Waals surface area contributed by atoms with Crippen LogP contribution in [0.2, 0.25) is 0 Å². The third-order valence-corrected chi connectivity index (χ3v) is 2.38. The van der Waals surface area contributed by atoms with Crippen molar-refractivity contribution in [2.75, 3.05) is 0 Å². The Labute approximate surface area is 104 Å². The summed E-state index contributed by atoms with van der Waals surface area (Å²) in [6.07, 6.45) is 3.20. The molecule has 0 radical (unpaired) electrons. The third kappa shape index (κ3) is 2.88. The minimum atomic E-state index is -0.537. The van der Waals surface area contributed by atoms with E-state index >= 15 is 0 Å². The van der Waals surface area contributed by atoms with Crippen molar-refractivity contribution in [1.29, 1.82) is 0 Å². The van der Waals surface area contributed by atoms with E-state index < -0.39 is 11.7 Å². The van der Waals surface area contributed by atoms with Crippen LogP contribution in [-0.2, 0) is 6.54 Å². The molecule has 1 amide bonds. The number of carbonyl (C=O) groups excluding carboxylic acids is 1. The standard InChI is InChI=1S/C13H12FN3O/c1-9-6-16-10(7-15-9)8-17-13(18)11-4-2-3-5-12(11)14/h2-7H,8H2,1H3,(H,17,18). The zero-order valence-electron chi connectivity index (χ0n) is 9.85. The summed E-state index contributed by atoms with van der Waals surface area (Å²) in [6.45, 7) is 2.05. The minimum Gasteiger partial charge on any atom is -0.346 e. The number of amides is 1. The topological polar surface area (TPSA) is 54.9 Å². The van der Waals surface area contributed by atoms with Crippen molar-refractivity contribution in [2.45, 2.75) is 13.5 Å². The van der Waals surface area contributed by atoms with Crippen molar-refractivity contribution in [1.82, 2.24) is 15.3 Å². The highest BCUT2D eigenvalue weighted by Gasteiger charge is 2.10. The summed E-state index contributed by atoms with van der Waals surface area (Å²) in [5.74, 6) is -1.000. The maximum absolute atomic E-state index is 13.3. The molecule has 0 unspecified atom stereocenters. The molecule has 0 bridgehead atoms. The molecule has 18 heavy (non-hydrogen) atoms. The molecule has 1 N–H and O–H groups in total. The van der Waals surface area contributed by atoms with Crippen LogP contribution in [0.3, 0.4) is 0 Å². The smallest absolute Gasteiger partial charge is 0.254 e. The number of aryl methyl sites for hydroxylation is 1. The molecule has 0 aliphatic heterocycles. The Balaban J connectivity index is 2.01. The van der Waals surface area contributed by atoms with E-state index in [1.165, 1.54) is 18.2 Å². The molecule has 0 saturated carbocycles. The fraction of sp³-hybridized carbons (Fsp3) is 0.154. The lowest BCUT2D eigenvalue weighted by Gasteiger charge is -2.05. The molecule has 0 aliphatic rings. The van der Waals surface area contributed by atoms with Gasteiger partial charge in [-0.2, -0.15) is 0 Å². The number of rotatable bonds is 3. The average Bonchev–Trinajstić information content (AvgIpc) is 2.38. The van der Waals surface area contributed by atoms with Crippen molar-refractivity contribution in [3.63, 3.8) is 0 Å². The Morgan fingerprint density at radius 2 is 2.06 bits per heavy atom. The quantitative estimate of drug-likeness (QED) is 0.897. The molecule has 0 fully saturated rings. The van der Waals surface area contributed by atoms with E-state index in [4.69, 9.17) is 0 Å². The Morgan fingerprint density at radius 1 is 1.28 bits per heavy atom. The van der Waals surface area contributed by atoms with Gasteiger partial charge in [0, 0.05) is 6.20 Å². The fourth-order valence-corrected chi connectivity index (χ4v) is 1.42. The lowest BCUT2D eigenvalue weighted by atomic mass is 10.2. The maximum atomic E-state index is 13.3. The van der Waals surface area contributed by atoms with E-state index in [0.717, 1.165) is 5.69 Å². The Bertz CT molecular complexity index is 554. The molecule has 0 saturated heterocycles. The van der Waals surface area contributed by atoms with Gasteiger partial charge >= 0.3 is 0 Å². The second-order valence-corrected chi connectivity index (χ2v) is 3.81. The van der Waals surface area contributed by atoms with Gasteiger partial charge in [-0.05, 0) is 19.1 Å². The Hall–Kier alpha value is -2.30. The first-order valence-electron chi connectivity index (χ1n) is 5.47. The number of halogens is 1. The summed E-state index contributed by atoms with van der Waals surface area (Å²) in [7, 11) is 0. The SMILES string of the molecule is Cc1cnc(CNC(=O)c2ccccc2F)cn1. The first-order chi connectivity index (χ1) is 8.66. The van der Waals surface area contributed by atoms with Crippen LogP contribution in [0.15, 0.2) is 36.7 Å². The lowest BCUT2D eigenvalue weighted by Crippen LogP contribution is -2.24. The zero-order valence-corrected chi connectivity index (χ0v) is 9.85. The number of aromatic nitrogens is 2. The van der Waals surface area contributed by atoms with Crippen LogP contribution >= 0.6 is 0 Å². The van der Waals surface area contributed by atoms with Gasteiger partial charge in [-0.3, -0.25) is 14.8 Å². The van der Waals surface area contributed by atoms with E-state index in [-0.39, 0.29) is 12.1 Å². The van der Waals surface area contributed by atoms with Crippen molar-refractivity contribution in [3.05, 3.63) is 59.4 Å². The summed E-state index contributed by atoms with van der Waals surface area (Å²) >= 11 is 0. The second-order valence-electron chi connectivity index (χ2n) is 3.81. The van der Waals surface area contributed by atoms with Crippen LogP contribution in [0.1, 0.15) is 21.7 Å². The molecule has 2 rings (SSSR count). The molecule has 0 atom stereocenters. The zero-order chi connectivity index (χ0) is 13.0. The highest BCUT2D eigenvalue weighted by Crippen LogP contribution is 2.06. The molecule has 0 spiro atoms. The molecule has 92 valence electrons. The number of hydrogen-bond acceptors (Lipinski definition) is 3. The Morgan fingerprint density at radius 3 is 2.72 bits per heavy atom. The van der Waals surface area contributed by atoms with E-state index in [1.54, 1.807) is 18.5 Å². The Kier molecular flexibility index (Phi) is 3.62. The third-order valence-electron chi connectivity index (χ3n) is 2.38. The van der Waals surface area contributed by atoms with Gasteiger partial charge in [-0.1, -0.05) is 12.1 Å². The van der Waals surface area contributed by atoms with E-state index in [2.05, 4.69) is 15.3 Å². The van der Waals surface area contributed by atoms with Crippen molar-refractivity contribution in [2.24, 2.45) is 0 Å². The van der Waals surface area contributed by atoms with Crippen molar-refractivity contribution >= 4 is 5.91 Å². The van der Waals surface area contributed by atoms with Gasteiger partial charge in [0.25, 0.3) is 5.91 Å². The predicted octanol–water partition coefficient (Wildman–Crippen LogP) is 1.85. The van der Waals surface area contributed by atoms with Gasteiger partial charge in [0.2, 0.25) is 0 Å². The van der Waals surface area contributed by atoms with Gasteiger partial charge in [-0.15, -0.1) is 0 Å². The fourth-order valence-electron chi connectivity index (χ4n) is 1.42. The number of carbonyl (C=O) groups is 1. The van der Waals surface area contributed by atoms with Crippen LogP contribution in [0.4, 0.5) is 4.39 Å². The van der Waals surface area contributed by atoms with Gasteiger partial charge in [0.15, 0.2) is 0 Å². The minimum absolute atomic E-state index is 0.0255. The molecule has 5 heteroatoms. The highest BCUT2D eigenvalue weighted by molar-refractivity contribution is 5.94. The highest BCUT2D eigenvalue weighted by atomic mass is 19.1. The van der Waals surface area contributed by atoms with Crippen LogP contribution in [-0.4, -0.2) is 15.9 Å². The predicted molar refractivity (Wildman–Crippen MR) is 64.3 cm³/mol. The normalized spacial score (nSPS) is 10.1. The van der Waals surface area contributed by atoms with E-state index in [9.17, 15) is 9.18 Å². The summed E-state index contributed by atoms with van der Waals surface area (Å²) in [4.78, 5) is 19.9. The lowest BCUT2D eigenvalue weighted by molar-refractivity contribution is 0.0946. The maximum Gasteiger partial charge on any atom is 0.254 e.